The number of rotatable bonds is 3. The van der Waals surface area contributed by atoms with Gasteiger partial charge < -0.3 is 10.4 Å². The molecule has 0 amide bonds. The number of benzene rings is 1. The zero-order valence-electron chi connectivity index (χ0n) is 11.4. The number of phenolic OH excluding ortho intramolecular Hbond substituents is 1. The maximum atomic E-state index is 10.5. The molecule has 1 saturated heterocycles. The van der Waals surface area contributed by atoms with Crippen LogP contribution in [0.2, 0.25) is 0 Å². The molecule has 3 rings (SSSR count). The van der Waals surface area contributed by atoms with E-state index in [1.807, 2.05) is 6.07 Å². The summed E-state index contributed by atoms with van der Waals surface area (Å²) in [5.41, 5.74) is 1.07. The molecule has 110 valence electrons. The van der Waals surface area contributed by atoms with Gasteiger partial charge in [0.05, 0.1) is 4.47 Å². The molecule has 1 aliphatic heterocycles. The highest BCUT2D eigenvalue weighted by Gasteiger charge is 2.35. The summed E-state index contributed by atoms with van der Waals surface area (Å²) in [5.74, 6) is 1.09. The lowest BCUT2D eigenvalue weighted by molar-refractivity contribution is 0.0818. The van der Waals surface area contributed by atoms with Crippen molar-refractivity contribution >= 4 is 31.9 Å². The fourth-order valence-electron chi connectivity index (χ4n) is 3.28. The van der Waals surface area contributed by atoms with Crippen LogP contribution in [0.1, 0.15) is 30.9 Å². The quantitative estimate of drug-likeness (QED) is 0.808. The second kappa shape index (κ2) is 6.34. The van der Waals surface area contributed by atoms with E-state index in [0.717, 1.165) is 40.7 Å². The molecule has 2 aliphatic rings. The Morgan fingerprint density at radius 1 is 1.20 bits per heavy atom. The predicted molar refractivity (Wildman–Crippen MR) is 88.0 cm³/mol. The van der Waals surface area contributed by atoms with Gasteiger partial charge in [0, 0.05) is 42.3 Å². The molecular weight excluding hydrogens is 384 g/mol. The molecule has 1 atom stereocenters. The smallest absolute Gasteiger partial charge is 0.134 e. The van der Waals surface area contributed by atoms with Crippen molar-refractivity contribution < 1.29 is 5.11 Å². The first kappa shape index (κ1) is 14.8. The van der Waals surface area contributed by atoms with Gasteiger partial charge in [-0.1, -0.05) is 22.4 Å². The zero-order valence-corrected chi connectivity index (χ0v) is 14.6. The topological polar surface area (TPSA) is 35.5 Å². The maximum absolute atomic E-state index is 10.5. The van der Waals surface area contributed by atoms with Crippen LogP contribution in [0.25, 0.3) is 0 Å². The fraction of sp³-hybridized carbons (Fsp3) is 0.600. The van der Waals surface area contributed by atoms with Gasteiger partial charge in [-0.15, -0.1) is 0 Å². The standard InChI is InChI=1S/C15H20Br2N2O/c16-11-8-12(15(20)13(17)9-11)14(10-2-1-3-10)19-6-4-18-5-7-19/h8-10,14,18,20H,1-7H2/t14-/m1/s1. The minimum atomic E-state index is 0.347. The third-order valence-electron chi connectivity index (χ3n) is 4.52. The molecule has 0 radical (unpaired) electrons. The number of hydrogen-bond acceptors (Lipinski definition) is 3. The summed E-state index contributed by atoms with van der Waals surface area (Å²) in [7, 11) is 0. The first-order chi connectivity index (χ1) is 9.66. The van der Waals surface area contributed by atoms with Gasteiger partial charge >= 0.3 is 0 Å². The van der Waals surface area contributed by atoms with Gasteiger partial charge in [-0.25, -0.2) is 0 Å². The molecule has 0 spiro atoms. The SMILES string of the molecule is Oc1c(Br)cc(Br)cc1[C@@H](C1CCC1)N1CCNCC1. The largest absolute Gasteiger partial charge is 0.506 e. The molecular formula is C15H20Br2N2O. The van der Waals surface area contributed by atoms with Crippen molar-refractivity contribution in [3.63, 3.8) is 0 Å². The third kappa shape index (κ3) is 2.91. The summed E-state index contributed by atoms with van der Waals surface area (Å²) in [6, 6.07) is 4.35. The Balaban J connectivity index is 1.96. The molecule has 0 unspecified atom stereocenters. The van der Waals surface area contributed by atoms with E-state index in [4.69, 9.17) is 0 Å². The third-order valence-corrected chi connectivity index (χ3v) is 5.58. The lowest BCUT2D eigenvalue weighted by Gasteiger charge is -2.43. The molecule has 2 fully saturated rings. The van der Waals surface area contributed by atoms with Crippen LogP contribution in [0.5, 0.6) is 5.75 Å². The maximum Gasteiger partial charge on any atom is 0.134 e. The molecule has 1 aromatic rings. The van der Waals surface area contributed by atoms with E-state index in [9.17, 15) is 5.11 Å². The Labute approximate surface area is 137 Å². The monoisotopic (exact) mass is 402 g/mol. The van der Waals surface area contributed by atoms with E-state index >= 15 is 0 Å². The number of piperazine rings is 1. The first-order valence-corrected chi connectivity index (χ1v) is 8.88. The minimum Gasteiger partial charge on any atom is -0.506 e. The zero-order chi connectivity index (χ0) is 14.1. The van der Waals surface area contributed by atoms with Crippen LogP contribution in [0.3, 0.4) is 0 Å². The highest BCUT2D eigenvalue weighted by Crippen LogP contribution is 2.46. The Morgan fingerprint density at radius 3 is 2.50 bits per heavy atom. The van der Waals surface area contributed by atoms with E-state index in [0.29, 0.717) is 17.7 Å². The molecule has 1 aromatic carbocycles. The minimum absolute atomic E-state index is 0.347. The van der Waals surface area contributed by atoms with Crippen LogP contribution >= 0.6 is 31.9 Å². The van der Waals surface area contributed by atoms with Crippen LogP contribution in [-0.2, 0) is 0 Å². The second-order valence-corrected chi connectivity index (χ2v) is 7.52. The van der Waals surface area contributed by atoms with Crippen LogP contribution < -0.4 is 5.32 Å². The average molecular weight is 404 g/mol. The molecule has 1 aliphatic carbocycles. The normalized spacial score (nSPS) is 22.5. The summed E-state index contributed by atoms with van der Waals surface area (Å²) < 4.78 is 1.80. The molecule has 1 saturated carbocycles. The summed E-state index contributed by atoms with van der Waals surface area (Å²) in [6.07, 6.45) is 3.87. The van der Waals surface area contributed by atoms with Gasteiger partial charge in [-0.2, -0.15) is 0 Å². The number of halogens is 2. The highest BCUT2D eigenvalue weighted by atomic mass is 79.9. The van der Waals surface area contributed by atoms with E-state index in [1.165, 1.54) is 19.3 Å². The number of nitrogens with one attached hydrogen (secondary N) is 1. The Bertz CT molecular complexity index is 485. The lowest BCUT2D eigenvalue weighted by atomic mass is 9.76. The lowest BCUT2D eigenvalue weighted by Crippen LogP contribution is -2.47. The van der Waals surface area contributed by atoms with Crippen LogP contribution in [0.15, 0.2) is 21.1 Å². The first-order valence-electron chi connectivity index (χ1n) is 7.29. The molecule has 20 heavy (non-hydrogen) atoms. The Morgan fingerprint density at radius 2 is 1.90 bits per heavy atom. The van der Waals surface area contributed by atoms with Gasteiger partial charge in [0.1, 0.15) is 5.75 Å². The molecule has 3 nitrogen and oxygen atoms in total. The van der Waals surface area contributed by atoms with Crippen molar-refractivity contribution in [2.75, 3.05) is 26.2 Å². The fourth-order valence-corrected chi connectivity index (χ4v) is 4.53. The van der Waals surface area contributed by atoms with Crippen molar-refractivity contribution in [2.45, 2.75) is 25.3 Å². The molecule has 2 N–H and O–H groups in total. The molecule has 1 heterocycles. The van der Waals surface area contributed by atoms with Crippen molar-refractivity contribution in [3.05, 3.63) is 26.6 Å². The van der Waals surface area contributed by atoms with E-state index < -0.39 is 0 Å². The Kier molecular flexibility index (Phi) is 4.70. The summed E-state index contributed by atoms with van der Waals surface area (Å²) >= 11 is 7.02. The summed E-state index contributed by atoms with van der Waals surface area (Å²) in [6.45, 7) is 4.20. The van der Waals surface area contributed by atoms with E-state index in [2.05, 4.69) is 48.1 Å². The molecule has 0 bridgehead atoms. The average Bonchev–Trinajstić information content (AvgIpc) is 2.39. The van der Waals surface area contributed by atoms with Crippen molar-refractivity contribution in [2.24, 2.45) is 5.92 Å². The Hall–Kier alpha value is -0.100. The van der Waals surface area contributed by atoms with Crippen molar-refractivity contribution in [3.8, 4) is 5.75 Å². The van der Waals surface area contributed by atoms with Crippen LogP contribution in [0.4, 0.5) is 0 Å². The summed E-state index contributed by atoms with van der Waals surface area (Å²) in [4.78, 5) is 2.54. The van der Waals surface area contributed by atoms with Gasteiger partial charge in [-0.3, -0.25) is 4.90 Å². The van der Waals surface area contributed by atoms with Crippen molar-refractivity contribution in [1.82, 2.24) is 10.2 Å². The van der Waals surface area contributed by atoms with Crippen molar-refractivity contribution in [1.29, 1.82) is 0 Å². The predicted octanol–water partition coefficient (Wildman–Crippen LogP) is 3.66. The van der Waals surface area contributed by atoms with E-state index in [-0.39, 0.29) is 0 Å². The molecule has 5 heteroatoms. The van der Waals surface area contributed by atoms with Crippen LogP contribution in [0, 0.1) is 5.92 Å². The summed E-state index contributed by atoms with van der Waals surface area (Å²) in [5, 5.41) is 13.9. The highest BCUT2D eigenvalue weighted by molar-refractivity contribution is 9.11. The number of nitrogens with zero attached hydrogens (tertiary/aromatic N) is 1. The van der Waals surface area contributed by atoms with Gasteiger partial charge in [-0.05, 0) is 46.8 Å². The van der Waals surface area contributed by atoms with E-state index in [1.54, 1.807) is 0 Å². The van der Waals surface area contributed by atoms with Gasteiger partial charge in [0.2, 0.25) is 0 Å². The van der Waals surface area contributed by atoms with Gasteiger partial charge in [0.15, 0.2) is 0 Å². The number of aromatic hydroxyl groups is 1. The second-order valence-electron chi connectivity index (χ2n) is 5.75. The molecule has 0 aromatic heterocycles. The number of phenols is 1. The van der Waals surface area contributed by atoms with Crippen LogP contribution in [-0.4, -0.2) is 36.2 Å². The number of hydrogen-bond donors (Lipinski definition) is 2. The van der Waals surface area contributed by atoms with Gasteiger partial charge in [0.25, 0.3) is 0 Å².